The zero-order chi connectivity index (χ0) is 11.1. The maximum absolute atomic E-state index is 3.43. The van der Waals surface area contributed by atoms with Gasteiger partial charge in [-0.15, -0.1) is 0 Å². The molecule has 0 saturated heterocycles. The highest BCUT2D eigenvalue weighted by atomic mass is 14.8. The highest BCUT2D eigenvalue weighted by Gasteiger charge is 2.32. The molecule has 0 aliphatic heterocycles. The molecule has 1 nitrogen and oxygen atoms in total. The van der Waals surface area contributed by atoms with E-state index in [0.29, 0.717) is 5.41 Å². The van der Waals surface area contributed by atoms with Crippen LogP contribution in [0.2, 0.25) is 0 Å². The quantitative estimate of drug-likeness (QED) is 0.700. The maximum Gasteiger partial charge on any atom is 0.000490 e. The van der Waals surface area contributed by atoms with E-state index in [1.165, 1.54) is 57.9 Å². The summed E-state index contributed by atoms with van der Waals surface area (Å²) in [6.45, 7) is 5.98. The van der Waals surface area contributed by atoms with Crippen LogP contribution in [0.1, 0.15) is 65.2 Å². The van der Waals surface area contributed by atoms with Crippen LogP contribution in [-0.2, 0) is 0 Å². The SMILES string of the molecule is CCCC(C)CC1(CNC)CCCCC1. The van der Waals surface area contributed by atoms with E-state index < -0.39 is 0 Å². The molecule has 0 bridgehead atoms. The standard InChI is InChI=1S/C14H29N/c1-4-8-13(2)11-14(12-15-3)9-6-5-7-10-14/h13,15H,4-12H2,1-3H3. The fourth-order valence-corrected chi connectivity index (χ4v) is 3.46. The van der Waals surface area contributed by atoms with Gasteiger partial charge < -0.3 is 5.32 Å². The van der Waals surface area contributed by atoms with Crippen molar-refractivity contribution in [2.24, 2.45) is 11.3 Å². The van der Waals surface area contributed by atoms with Crippen LogP contribution in [0.15, 0.2) is 0 Å². The third kappa shape index (κ3) is 4.14. The van der Waals surface area contributed by atoms with Crippen LogP contribution < -0.4 is 5.32 Å². The lowest BCUT2D eigenvalue weighted by Gasteiger charge is -2.39. The lowest BCUT2D eigenvalue weighted by molar-refractivity contribution is 0.141. The normalized spacial score (nSPS) is 22.6. The lowest BCUT2D eigenvalue weighted by Crippen LogP contribution is -2.36. The van der Waals surface area contributed by atoms with Crippen molar-refractivity contribution in [3.63, 3.8) is 0 Å². The summed E-state index contributed by atoms with van der Waals surface area (Å²) >= 11 is 0. The van der Waals surface area contributed by atoms with E-state index in [1.54, 1.807) is 0 Å². The summed E-state index contributed by atoms with van der Waals surface area (Å²) in [7, 11) is 2.11. The van der Waals surface area contributed by atoms with Crippen LogP contribution >= 0.6 is 0 Å². The molecule has 1 aliphatic carbocycles. The minimum absolute atomic E-state index is 0.640. The Kier molecular flexibility index (Phi) is 5.66. The Morgan fingerprint density at radius 2 is 1.87 bits per heavy atom. The van der Waals surface area contributed by atoms with Gasteiger partial charge in [0.15, 0.2) is 0 Å². The van der Waals surface area contributed by atoms with E-state index in [-0.39, 0.29) is 0 Å². The lowest BCUT2D eigenvalue weighted by atomic mass is 9.68. The summed E-state index contributed by atoms with van der Waals surface area (Å²) in [5.74, 6) is 0.918. The molecule has 1 saturated carbocycles. The van der Waals surface area contributed by atoms with E-state index in [2.05, 4.69) is 26.2 Å². The summed E-state index contributed by atoms with van der Waals surface area (Å²) in [6.07, 6.45) is 11.5. The smallest absolute Gasteiger partial charge is 0.000490 e. The summed E-state index contributed by atoms with van der Waals surface area (Å²) in [4.78, 5) is 0. The van der Waals surface area contributed by atoms with E-state index in [1.807, 2.05) is 0 Å². The first-order valence-corrected chi connectivity index (χ1v) is 6.87. The molecule has 1 N–H and O–H groups in total. The molecule has 0 aromatic rings. The molecule has 0 heterocycles. The van der Waals surface area contributed by atoms with Gasteiger partial charge in [0.2, 0.25) is 0 Å². The molecular formula is C14H29N. The summed E-state index contributed by atoms with van der Waals surface area (Å²) in [5, 5.41) is 3.43. The third-order valence-electron chi connectivity index (χ3n) is 4.03. The van der Waals surface area contributed by atoms with E-state index in [9.17, 15) is 0 Å². The van der Waals surface area contributed by atoms with Crippen molar-refractivity contribution in [1.29, 1.82) is 0 Å². The van der Waals surface area contributed by atoms with Crippen LogP contribution in [0.25, 0.3) is 0 Å². The summed E-state index contributed by atoms with van der Waals surface area (Å²) in [5.41, 5.74) is 0.640. The average Bonchev–Trinajstić information content (AvgIpc) is 2.19. The van der Waals surface area contributed by atoms with Crippen molar-refractivity contribution in [2.45, 2.75) is 65.2 Å². The Labute approximate surface area is 96.0 Å². The fraction of sp³-hybridized carbons (Fsp3) is 1.00. The molecule has 90 valence electrons. The molecular weight excluding hydrogens is 182 g/mol. The second kappa shape index (κ2) is 6.52. The first-order valence-electron chi connectivity index (χ1n) is 6.87. The van der Waals surface area contributed by atoms with Crippen LogP contribution in [0.5, 0.6) is 0 Å². The van der Waals surface area contributed by atoms with Gasteiger partial charge in [-0.05, 0) is 37.6 Å². The van der Waals surface area contributed by atoms with Gasteiger partial charge in [-0.1, -0.05) is 46.0 Å². The largest absolute Gasteiger partial charge is 0.319 e. The van der Waals surface area contributed by atoms with Crippen molar-refractivity contribution < 1.29 is 0 Å². The van der Waals surface area contributed by atoms with Gasteiger partial charge >= 0.3 is 0 Å². The zero-order valence-electron chi connectivity index (χ0n) is 10.9. The minimum Gasteiger partial charge on any atom is -0.319 e. The molecule has 15 heavy (non-hydrogen) atoms. The molecule has 0 aromatic heterocycles. The Bertz CT molecular complexity index is 153. The van der Waals surface area contributed by atoms with Gasteiger partial charge in [-0.2, -0.15) is 0 Å². The van der Waals surface area contributed by atoms with Crippen molar-refractivity contribution in [2.75, 3.05) is 13.6 Å². The van der Waals surface area contributed by atoms with E-state index in [4.69, 9.17) is 0 Å². The second-order valence-electron chi connectivity index (χ2n) is 5.69. The van der Waals surface area contributed by atoms with E-state index in [0.717, 1.165) is 5.92 Å². The van der Waals surface area contributed by atoms with Crippen LogP contribution in [0, 0.1) is 11.3 Å². The monoisotopic (exact) mass is 211 g/mol. The Hall–Kier alpha value is -0.0400. The third-order valence-corrected chi connectivity index (χ3v) is 4.03. The van der Waals surface area contributed by atoms with Gasteiger partial charge in [0.05, 0.1) is 0 Å². The average molecular weight is 211 g/mol. The summed E-state index contributed by atoms with van der Waals surface area (Å²) in [6, 6.07) is 0. The minimum atomic E-state index is 0.640. The highest BCUT2D eigenvalue weighted by molar-refractivity contribution is 4.85. The highest BCUT2D eigenvalue weighted by Crippen LogP contribution is 2.41. The molecule has 0 spiro atoms. The van der Waals surface area contributed by atoms with Gasteiger partial charge in [-0.25, -0.2) is 0 Å². The first-order chi connectivity index (χ1) is 7.22. The Morgan fingerprint density at radius 1 is 1.20 bits per heavy atom. The molecule has 1 fully saturated rings. The van der Waals surface area contributed by atoms with Crippen LogP contribution in [0.4, 0.5) is 0 Å². The topological polar surface area (TPSA) is 12.0 Å². The van der Waals surface area contributed by atoms with Crippen molar-refractivity contribution in [3.8, 4) is 0 Å². The molecule has 1 rings (SSSR count). The van der Waals surface area contributed by atoms with Crippen molar-refractivity contribution in [3.05, 3.63) is 0 Å². The van der Waals surface area contributed by atoms with Gasteiger partial charge in [0.25, 0.3) is 0 Å². The van der Waals surface area contributed by atoms with Gasteiger partial charge in [0, 0.05) is 6.54 Å². The molecule has 0 radical (unpaired) electrons. The molecule has 0 aromatic carbocycles. The molecule has 1 heteroatoms. The first kappa shape index (κ1) is 13.0. The van der Waals surface area contributed by atoms with Crippen LogP contribution in [-0.4, -0.2) is 13.6 Å². The molecule has 0 amide bonds. The maximum atomic E-state index is 3.43. The van der Waals surface area contributed by atoms with Gasteiger partial charge in [-0.3, -0.25) is 0 Å². The predicted octanol–water partition coefficient (Wildman–Crippen LogP) is 3.98. The summed E-state index contributed by atoms with van der Waals surface area (Å²) < 4.78 is 0. The number of hydrogen-bond acceptors (Lipinski definition) is 1. The van der Waals surface area contributed by atoms with Gasteiger partial charge in [0.1, 0.15) is 0 Å². The van der Waals surface area contributed by atoms with Crippen molar-refractivity contribution in [1.82, 2.24) is 5.32 Å². The molecule has 1 unspecified atom stereocenters. The Morgan fingerprint density at radius 3 is 2.40 bits per heavy atom. The van der Waals surface area contributed by atoms with E-state index >= 15 is 0 Å². The number of nitrogens with one attached hydrogen (secondary N) is 1. The second-order valence-corrected chi connectivity index (χ2v) is 5.69. The van der Waals surface area contributed by atoms with Crippen molar-refractivity contribution >= 4 is 0 Å². The molecule has 1 aliphatic rings. The number of rotatable bonds is 6. The number of hydrogen-bond donors (Lipinski definition) is 1. The fourth-order valence-electron chi connectivity index (χ4n) is 3.46. The van der Waals surface area contributed by atoms with Crippen LogP contribution in [0.3, 0.4) is 0 Å². The zero-order valence-corrected chi connectivity index (χ0v) is 10.9. The predicted molar refractivity (Wildman–Crippen MR) is 68.1 cm³/mol. The molecule has 1 atom stereocenters. The Balaban J connectivity index is 2.47.